The molecule has 2 heterocycles. The number of hydrogen-bond acceptors (Lipinski definition) is 7. The Bertz CT molecular complexity index is 1170. The van der Waals surface area contributed by atoms with E-state index in [1.54, 1.807) is 30.7 Å². The maximum absolute atomic E-state index is 14.4. The lowest BCUT2D eigenvalue weighted by atomic mass is 9.84. The summed E-state index contributed by atoms with van der Waals surface area (Å²) in [7, 11) is 1.63. The Morgan fingerprint density at radius 3 is 2.25 bits per heavy atom. The third-order valence-electron chi connectivity index (χ3n) is 6.83. The predicted molar refractivity (Wildman–Crippen MR) is 142 cm³/mol. The van der Waals surface area contributed by atoms with E-state index in [0.29, 0.717) is 42.3 Å². The van der Waals surface area contributed by atoms with Gasteiger partial charge in [0.1, 0.15) is 5.54 Å². The van der Waals surface area contributed by atoms with E-state index in [-0.39, 0.29) is 12.5 Å². The van der Waals surface area contributed by atoms with Gasteiger partial charge in [0.15, 0.2) is 5.76 Å². The first-order valence-corrected chi connectivity index (χ1v) is 13.5. The van der Waals surface area contributed by atoms with Gasteiger partial charge in [0.05, 0.1) is 19.3 Å². The Balaban J connectivity index is 1.96. The third-order valence-corrected chi connectivity index (χ3v) is 7.79. The molecule has 4 rings (SSSR count). The summed E-state index contributed by atoms with van der Waals surface area (Å²) >= 11 is 7.95. The normalized spacial score (nSPS) is 17.7. The van der Waals surface area contributed by atoms with Crippen LogP contribution in [0.4, 0.5) is 10.5 Å². The lowest BCUT2D eigenvalue weighted by Crippen LogP contribution is -2.55. The summed E-state index contributed by atoms with van der Waals surface area (Å²) in [6, 6.07) is 11.5. The first kappa shape index (κ1) is 26.5. The molecule has 0 bridgehead atoms. The van der Waals surface area contributed by atoms with Crippen molar-refractivity contribution in [3.8, 4) is 0 Å². The average molecular weight is 531 g/mol. The first-order chi connectivity index (χ1) is 17.2. The zero-order valence-corrected chi connectivity index (χ0v) is 22.8. The molecule has 0 saturated carbocycles. The molecule has 0 atom stereocenters. The molecule has 0 aromatic heterocycles. The van der Waals surface area contributed by atoms with Crippen LogP contribution in [0.25, 0.3) is 5.57 Å². The molecule has 0 N–H and O–H groups in total. The quantitative estimate of drug-likeness (QED) is 0.335. The summed E-state index contributed by atoms with van der Waals surface area (Å²) in [5.74, 6) is 0.106. The molecule has 1 spiro atoms. The van der Waals surface area contributed by atoms with Crippen LogP contribution in [0.5, 0.6) is 0 Å². The summed E-state index contributed by atoms with van der Waals surface area (Å²) in [6.45, 7) is 6.82. The van der Waals surface area contributed by atoms with Crippen LogP contribution in [0, 0.1) is 13.8 Å². The Labute approximate surface area is 221 Å². The van der Waals surface area contributed by atoms with Gasteiger partial charge in [-0.2, -0.15) is 5.06 Å². The van der Waals surface area contributed by atoms with Crippen molar-refractivity contribution in [2.45, 2.75) is 44.0 Å². The SMILES string of the molecule is CCOC(=O)OC1=C(c2c(C)cc(Cl)cc2C)C(=O)N(c2ccc(SC)cc2)C12CCN(OC)CC2. The van der Waals surface area contributed by atoms with Crippen LogP contribution >= 0.6 is 23.4 Å². The van der Waals surface area contributed by atoms with Crippen molar-refractivity contribution in [3.05, 3.63) is 63.9 Å². The van der Waals surface area contributed by atoms with E-state index in [1.165, 1.54) is 0 Å². The number of ether oxygens (including phenoxy) is 2. The highest BCUT2D eigenvalue weighted by atomic mass is 35.5. The van der Waals surface area contributed by atoms with Gasteiger partial charge in [0.25, 0.3) is 5.91 Å². The minimum atomic E-state index is -0.881. The van der Waals surface area contributed by atoms with Gasteiger partial charge in [0, 0.05) is 28.7 Å². The molecule has 1 amide bonds. The van der Waals surface area contributed by atoms with Gasteiger partial charge in [-0.25, -0.2) is 4.79 Å². The second-order valence-electron chi connectivity index (χ2n) is 8.89. The molecule has 9 heteroatoms. The van der Waals surface area contributed by atoms with Gasteiger partial charge in [-0.1, -0.05) is 11.6 Å². The first-order valence-electron chi connectivity index (χ1n) is 11.9. The molecule has 0 unspecified atom stereocenters. The maximum atomic E-state index is 14.4. The van der Waals surface area contributed by atoms with E-state index >= 15 is 0 Å². The van der Waals surface area contributed by atoms with Gasteiger partial charge in [0.2, 0.25) is 0 Å². The molecule has 2 aliphatic rings. The van der Waals surface area contributed by atoms with Crippen LogP contribution in [-0.4, -0.2) is 55.7 Å². The molecular weight excluding hydrogens is 500 g/mol. The number of thioether (sulfide) groups is 1. The number of carbonyl (C=O) groups is 2. The van der Waals surface area contributed by atoms with E-state index < -0.39 is 11.7 Å². The third kappa shape index (κ3) is 4.75. The minimum Gasteiger partial charge on any atom is -0.434 e. The van der Waals surface area contributed by atoms with Crippen molar-refractivity contribution in [3.63, 3.8) is 0 Å². The lowest BCUT2D eigenvalue weighted by Gasteiger charge is -2.44. The Morgan fingerprint density at radius 1 is 1.11 bits per heavy atom. The lowest BCUT2D eigenvalue weighted by molar-refractivity contribution is -0.150. The fourth-order valence-electron chi connectivity index (χ4n) is 5.22. The smallest absolute Gasteiger partial charge is 0.434 e. The second-order valence-corrected chi connectivity index (χ2v) is 10.2. The van der Waals surface area contributed by atoms with Crippen LogP contribution in [0.3, 0.4) is 0 Å². The van der Waals surface area contributed by atoms with Gasteiger partial charge < -0.3 is 14.3 Å². The molecule has 2 aromatic carbocycles. The number of anilines is 1. The zero-order chi connectivity index (χ0) is 26.0. The predicted octanol–water partition coefficient (Wildman–Crippen LogP) is 6.01. The second kappa shape index (κ2) is 10.8. The average Bonchev–Trinajstić information content (AvgIpc) is 3.06. The fourth-order valence-corrected chi connectivity index (χ4v) is 5.96. The molecule has 36 heavy (non-hydrogen) atoms. The molecule has 0 radical (unpaired) electrons. The van der Waals surface area contributed by atoms with E-state index in [2.05, 4.69) is 0 Å². The van der Waals surface area contributed by atoms with Crippen LogP contribution < -0.4 is 4.90 Å². The van der Waals surface area contributed by atoms with Gasteiger partial charge in [-0.3, -0.25) is 9.69 Å². The van der Waals surface area contributed by atoms with Crippen molar-refractivity contribution >= 4 is 46.7 Å². The van der Waals surface area contributed by atoms with Gasteiger partial charge >= 0.3 is 6.16 Å². The van der Waals surface area contributed by atoms with Crippen molar-refractivity contribution in [2.24, 2.45) is 0 Å². The summed E-state index contributed by atoms with van der Waals surface area (Å²) in [5, 5.41) is 2.43. The van der Waals surface area contributed by atoms with Crippen LogP contribution in [-0.2, 0) is 19.1 Å². The molecule has 192 valence electrons. The van der Waals surface area contributed by atoms with Crippen LogP contribution in [0.15, 0.2) is 47.1 Å². The summed E-state index contributed by atoms with van der Waals surface area (Å²) < 4.78 is 11.1. The summed E-state index contributed by atoms with van der Waals surface area (Å²) in [6.07, 6.45) is 2.21. The summed E-state index contributed by atoms with van der Waals surface area (Å²) in [4.78, 5) is 35.4. The minimum absolute atomic E-state index is 0.165. The standard InChI is InChI=1S/C27H31ClN2O5S/c1-6-34-26(32)35-24-23(22-17(2)15-19(28)16-18(22)3)25(31)30(20-7-9-21(36-5)10-8-20)27(24)11-13-29(33-4)14-12-27/h7-10,15-16H,6,11-14H2,1-5H3. The number of hydrogen-bond donors (Lipinski definition) is 0. The Kier molecular flexibility index (Phi) is 7.99. The molecule has 0 aliphatic carbocycles. The number of nitrogens with zero attached hydrogens (tertiary/aromatic N) is 2. The number of rotatable bonds is 6. The number of amides is 1. The Morgan fingerprint density at radius 2 is 1.72 bits per heavy atom. The maximum Gasteiger partial charge on any atom is 0.513 e. The molecule has 7 nitrogen and oxygen atoms in total. The van der Waals surface area contributed by atoms with Gasteiger partial charge in [-0.15, -0.1) is 11.8 Å². The zero-order valence-electron chi connectivity index (χ0n) is 21.2. The monoisotopic (exact) mass is 530 g/mol. The molecular formula is C27H31ClN2O5S. The molecule has 2 aromatic rings. The number of benzene rings is 2. The van der Waals surface area contributed by atoms with E-state index in [0.717, 1.165) is 27.3 Å². The van der Waals surface area contributed by atoms with Gasteiger partial charge in [-0.05, 0) is 93.0 Å². The molecule has 2 aliphatic heterocycles. The largest absolute Gasteiger partial charge is 0.513 e. The van der Waals surface area contributed by atoms with E-state index in [9.17, 15) is 9.59 Å². The number of hydroxylamine groups is 2. The van der Waals surface area contributed by atoms with Crippen molar-refractivity contribution in [1.29, 1.82) is 0 Å². The highest BCUT2D eigenvalue weighted by Gasteiger charge is 2.56. The number of halogens is 1. The van der Waals surface area contributed by atoms with E-state index in [4.69, 9.17) is 25.9 Å². The van der Waals surface area contributed by atoms with Crippen molar-refractivity contribution in [2.75, 3.05) is 38.0 Å². The highest BCUT2D eigenvalue weighted by molar-refractivity contribution is 7.98. The Hall–Kier alpha value is -2.52. The fraction of sp³-hybridized carbons (Fsp3) is 0.407. The van der Waals surface area contributed by atoms with E-state index in [1.807, 2.05) is 61.6 Å². The summed E-state index contributed by atoms with van der Waals surface area (Å²) in [5.41, 5.74) is 2.62. The molecule has 1 fully saturated rings. The van der Waals surface area contributed by atoms with Crippen LogP contribution in [0.1, 0.15) is 36.5 Å². The highest BCUT2D eigenvalue weighted by Crippen LogP contribution is 2.50. The number of piperidine rings is 1. The van der Waals surface area contributed by atoms with Crippen molar-refractivity contribution in [1.82, 2.24) is 5.06 Å². The topological polar surface area (TPSA) is 68.3 Å². The number of aryl methyl sites for hydroxylation is 2. The molecule has 1 saturated heterocycles. The van der Waals surface area contributed by atoms with Crippen LogP contribution in [0.2, 0.25) is 5.02 Å². The van der Waals surface area contributed by atoms with Crippen molar-refractivity contribution < 1.29 is 23.9 Å². The number of carbonyl (C=O) groups excluding carboxylic acids is 2.